The van der Waals surface area contributed by atoms with Gasteiger partial charge in [0.15, 0.2) is 0 Å². The molecule has 2 N–H and O–H groups in total. The first-order valence-corrected chi connectivity index (χ1v) is 5.92. The Labute approximate surface area is 111 Å². The van der Waals surface area contributed by atoms with Crippen LogP contribution in [0.4, 0.5) is 5.69 Å². The van der Waals surface area contributed by atoms with Gasteiger partial charge in [-0.05, 0) is 42.5 Å². The van der Waals surface area contributed by atoms with Crippen LogP contribution in [0, 0.1) is 0 Å². The van der Waals surface area contributed by atoms with E-state index in [1.54, 1.807) is 25.3 Å². The number of phenolic OH excluding ortho intramolecular Hbond substituents is 1. The minimum absolute atomic E-state index is 0.251. The summed E-state index contributed by atoms with van der Waals surface area (Å²) in [4.78, 5) is 0. The summed E-state index contributed by atoms with van der Waals surface area (Å²) in [7, 11) is 1.63. The standard InChI is InChI=1S/C14H14ClNO2/c1-18-14-7-2-11(15)8-10(14)9-16-12-3-5-13(17)6-4-12/h2-8,16-17H,9H2,1H3. The minimum Gasteiger partial charge on any atom is -0.508 e. The van der Waals surface area contributed by atoms with Crippen LogP contribution >= 0.6 is 11.6 Å². The zero-order valence-corrected chi connectivity index (χ0v) is 10.7. The summed E-state index contributed by atoms with van der Waals surface area (Å²) in [6, 6.07) is 12.4. The molecule has 0 aliphatic heterocycles. The van der Waals surface area contributed by atoms with Crippen LogP contribution in [0.25, 0.3) is 0 Å². The number of aromatic hydroxyl groups is 1. The van der Waals surface area contributed by atoms with Crippen molar-refractivity contribution in [1.82, 2.24) is 0 Å². The molecular formula is C14H14ClNO2. The van der Waals surface area contributed by atoms with Gasteiger partial charge in [0.1, 0.15) is 11.5 Å². The third-order valence-electron chi connectivity index (χ3n) is 2.59. The molecule has 0 aromatic heterocycles. The maximum absolute atomic E-state index is 9.20. The van der Waals surface area contributed by atoms with E-state index in [9.17, 15) is 5.11 Å². The van der Waals surface area contributed by atoms with Crippen molar-refractivity contribution in [2.24, 2.45) is 0 Å². The Morgan fingerprint density at radius 2 is 1.89 bits per heavy atom. The SMILES string of the molecule is COc1ccc(Cl)cc1CNc1ccc(O)cc1. The molecule has 0 bridgehead atoms. The summed E-state index contributed by atoms with van der Waals surface area (Å²) in [6.45, 7) is 0.606. The molecule has 2 rings (SSSR count). The van der Waals surface area contributed by atoms with Crippen LogP contribution in [0.1, 0.15) is 5.56 Å². The van der Waals surface area contributed by atoms with Crippen molar-refractivity contribution in [3.05, 3.63) is 53.1 Å². The summed E-state index contributed by atoms with van der Waals surface area (Å²) < 4.78 is 5.27. The van der Waals surface area contributed by atoms with Gasteiger partial charge in [-0.25, -0.2) is 0 Å². The first-order chi connectivity index (χ1) is 8.69. The van der Waals surface area contributed by atoms with Crippen molar-refractivity contribution < 1.29 is 9.84 Å². The van der Waals surface area contributed by atoms with E-state index in [1.807, 2.05) is 24.3 Å². The van der Waals surface area contributed by atoms with Crippen LogP contribution in [0.5, 0.6) is 11.5 Å². The topological polar surface area (TPSA) is 41.5 Å². The van der Waals surface area contributed by atoms with Crippen LogP contribution in [0.3, 0.4) is 0 Å². The third kappa shape index (κ3) is 3.08. The van der Waals surface area contributed by atoms with E-state index in [0.29, 0.717) is 11.6 Å². The molecule has 4 heteroatoms. The average Bonchev–Trinajstić information content (AvgIpc) is 2.38. The Morgan fingerprint density at radius 3 is 2.56 bits per heavy atom. The van der Waals surface area contributed by atoms with Gasteiger partial charge in [0.25, 0.3) is 0 Å². The van der Waals surface area contributed by atoms with E-state index < -0.39 is 0 Å². The van der Waals surface area contributed by atoms with Gasteiger partial charge in [0, 0.05) is 22.8 Å². The molecule has 0 spiro atoms. The molecule has 0 aliphatic carbocycles. The molecule has 0 aliphatic rings. The highest BCUT2D eigenvalue weighted by atomic mass is 35.5. The summed E-state index contributed by atoms with van der Waals surface area (Å²) in [5, 5.41) is 13.1. The number of hydrogen-bond acceptors (Lipinski definition) is 3. The Hall–Kier alpha value is -1.87. The highest BCUT2D eigenvalue weighted by Gasteiger charge is 2.03. The molecule has 0 atom stereocenters. The Kier molecular flexibility index (Phi) is 3.95. The molecule has 0 heterocycles. The molecule has 18 heavy (non-hydrogen) atoms. The fourth-order valence-electron chi connectivity index (χ4n) is 1.66. The van der Waals surface area contributed by atoms with Crippen LogP contribution in [-0.2, 0) is 6.54 Å². The van der Waals surface area contributed by atoms with E-state index in [-0.39, 0.29) is 5.75 Å². The maximum atomic E-state index is 9.20. The van der Waals surface area contributed by atoms with E-state index >= 15 is 0 Å². The van der Waals surface area contributed by atoms with Crippen molar-refractivity contribution >= 4 is 17.3 Å². The van der Waals surface area contributed by atoms with Crippen LogP contribution in [-0.4, -0.2) is 12.2 Å². The van der Waals surface area contributed by atoms with E-state index in [4.69, 9.17) is 16.3 Å². The summed E-state index contributed by atoms with van der Waals surface area (Å²) in [6.07, 6.45) is 0. The summed E-state index contributed by atoms with van der Waals surface area (Å²) in [5.41, 5.74) is 1.91. The first kappa shape index (κ1) is 12.6. The fourth-order valence-corrected chi connectivity index (χ4v) is 1.86. The van der Waals surface area contributed by atoms with Gasteiger partial charge in [0.2, 0.25) is 0 Å². The molecule has 0 amide bonds. The minimum atomic E-state index is 0.251. The number of methoxy groups -OCH3 is 1. The molecule has 0 radical (unpaired) electrons. The molecular weight excluding hydrogens is 250 g/mol. The van der Waals surface area contributed by atoms with Gasteiger partial charge in [-0.2, -0.15) is 0 Å². The normalized spacial score (nSPS) is 10.1. The van der Waals surface area contributed by atoms with E-state index in [2.05, 4.69) is 5.32 Å². The number of anilines is 1. The lowest BCUT2D eigenvalue weighted by Gasteiger charge is -2.11. The second kappa shape index (κ2) is 5.65. The fraction of sp³-hybridized carbons (Fsp3) is 0.143. The lowest BCUT2D eigenvalue weighted by atomic mass is 10.2. The number of halogens is 1. The molecule has 0 saturated heterocycles. The van der Waals surface area contributed by atoms with Crippen molar-refractivity contribution in [3.8, 4) is 11.5 Å². The molecule has 2 aromatic rings. The van der Waals surface area contributed by atoms with Crippen molar-refractivity contribution in [3.63, 3.8) is 0 Å². The van der Waals surface area contributed by atoms with E-state index in [0.717, 1.165) is 17.0 Å². The highest BCUT2D eigenvalue weighted by molar-refractivity contribution is 6.30. The molecule has 94 valence electrons. The predicted molar refractivity (Wildman–Crippen MR) is 73.4 cm³/mol. The Balaban J connectivity index is 2.09. The van der Waals surface area contributed by atoms with Gasteiger partial charge in [-0.1, -0.05) is 11.6 Å². The second-order valence-electron chi connectivity index (χ2n) is 3.86. The quantitative estimate of drug-likeness (QED) is 0.827. The van der Waals surface area contributed by atoms with Gasteiger partial charge in [0.05, 0.1) is 7.11 Å². The molecule has 3 nitrogen and oxygen atoms in total. The van der Waals surface area contributed by atoms with Crippen LogP contribution < -0.4 is 10.1 Å². The van der Waals surface area contributed by atoms with Crippen molar-refractivity contribution in [2.75, 3.05) is 12.4 Å². The van der Waals surface area contributed by atoms with Gasteiger partial charge >= 0.3 is 0 Å². The highest BCUT2D eigenvalue weighted by Crippen LogP contribution is 2.24. The maximum Gasteiger partial charge on any atom is 0.123 e. The number of hydrogen-bond donors (Lipinski definition) is 2. The van der Waals surface area contributed by atoms with Crippen molar-refractivity contribution in [1.29, 1.82) is 0 Å². The number of ether oxygens (including phenoxy) is 1. The number of nitrogens with one attached hydrogen (secondary N) is 1. The lowest BCUT2D eigenvalue weighted by Crippen LogP contribution is -2.01. The Bertz CT molecular complexity index is 526. The Morgan fingerprint density at radius 1 is 1.17 bits per heavy atom. The summed E-state index contributed by atoms with van der Waals surface area (Å²) >= 11 is 5.96. The summed E-state index contributed by atoms with van der Waals surface area (Å²) in [5.74, 6) is 1.05. The van der Waals surface area contributed by atoms with Gasteiger partial charge in [-0.3, -0.25) is 0 Å². The third-order valence-corrected chi connectivity index (χ3v) is 2.83. The number of rotatable bonds is 4. The monoisotopic (exact) mass is 263 g/mol. The molecule has 0 saturated carbocycles. The van der Waals surface area contributed by atoms with Crippen molar-refractivity contribution in [2.45, 2.75) is 6.54 Å². The molecule has 2 aromatic carbocycles. The zero-order chi connectivity index (χ0) is 13.0. The van der Waals surface area contributed by atoms with Gasteiger partial charge in [-0.15, -0.1) is 0 Å². The number of phenols is 1. The lowest BCUT2D eigenvalue weighted by molar-refractivity contribution is 0.410. The molecule has 0 unspecified atom stereocenters. The van der Waals surface area contributed by atoms with Crippen LogP contribution in [0.15, 0.2) is 42.5 Å². The van der Waals surface area contributed by atoms with E-state index in [1.165, 1.54) is 0 Å². The van der Waals surface area contributed by atoms with Gasteiger partial charge < -0.3 is 15.2 Å². The largest absolute Gasteiger partial charge is 0.508 e. The first-order valence-electron chi connectivity index (χ1n) is 5.54. The average molecular weight is 264 g/mol. The predicted octanol–water partition coefficient (Wildman–Crippen LogP) is 3.67. The molecule has 0 fully saturated rings. The zero-order valence-electron chi connectivity index (χ0n) is 9.98. The second-order valence-corrected chi connectivity index (χ2v) is 4.29. The van der Waals surface area contributed by atoms with Crippen LogP contribution in [0.2, 0.25) is 5.02 Å². The smallest absolute Gasteiger partial charge is 0.123 e. The number of benzene rings is 2.